The second-order valence-corrected chi connectivity index (χ2v) is 8.34. The number of carboxylic acids is 1. The second-order valence-electron chi connectivity index (χ2n) is 8.34. The minimum atomic E-state index is -1.54. The number of nitrogens with zero attached hydrogens (tertiary/aromatic N) is 4. The highest BCUT2D eigenvalue weighted by atomic mass is 16.6. The summed E-state index contributed by atoms with van der Waals surface area (Å²) in [5, 5.41) is 23.1. The fourth-order valence-corrected chi connectivity index (χ4v) is 3.94. The molecule has 14 nitrogen and oxygen atoms in total. The van der Waals surface area contributed by atoms with Crippen LogP contribution in [0, 0.1) is 0 Å². The first-order valence-electron chi connectivity index (χ1n) is 11.3. The number of imidazole rings is 1. The van der Waals surface area contributed by atoms with Gasteiger partial charge < -0.3 is 42.2 Å². The van der Waals surface area contributed by atoms with Crippen molar-refractivity contribution in [1.82, 2.24) is 24.8 Å². The molecule has 9 N–H and O–H groups in total. The molecule has 1 aliphatic rings. The molecule has 1 aliphatic heterocycles. The number of carbonyl (C=O) groups excluding carboxylic acids is 1. The Hall–Kier alpha value is -3.85. The van der Waals surface area contributed by atoms with Crippen molar-refractivity contribution in [2.75, 3.05) is 18.9 Å². The van der Waals surface area contributed by atoms with Gasteiger partial charge in [0.05, 0.1) is 25.0 Å². The Kier molecular flexibility index (Phi) is 7.59. The predicted octanol–water partition coefficient (Wildman–Crippen LogP) is -1.47. The topological polar surface area (TPSA) is 227 Å². The Bertz CT molecular complexity index is 1220. The number of carbonyl (C=O) groups is 2. The van der Waals surface area contributed by atoms with Crippen LogP contribution in [0.15, 0.2) is 36.9 Å². The number of nitrogens with two attached hydrogens (primary N) is 3. The first-order chi connectivity index (χ1) is 17.3. The lowest BCUT2D eigenvalue weighted by Gasteiger charge is -2.22. The normalized spacial score (nSPS) is 22.4. The number of aromatic nitrogens is 4. The predicted molar refractivity (Wildman–Crippen MR) is 127 cm³/mol. The van der Waals surface area contributed by atoms with Crippen molar-refractivity contribution in [3.63, 3.8) is 0 Å². The van der Waals surface area contributed by atoms with Crippen LogP contribution in [0.5, 0.6) is 5.75 Å². The zero-order chi connectivity index (χ0) is 25.8. The Balaban J connectivity index is 1.43. The lowest BCUT2D eigenvalue weighted by Crippen LogP contribution is -2.54. The molecule has 0 spiro atoms. The SMILES string of the molecule is NCCCOc1ccc(CC(N)C(=O)NC2C(C(=O)O)OC(n3cnc4c(N)ncnc43)C2O)cc1. The third kappa shape index (κ3) is 5.21. The Morgan fingerprint density at radius 3 is 2.67 bits per heavy atom. The highest BCUT2D eigenvalue weighted by molar-refractivity contribution is 5.84. The minimum Gasteiger partial charge on any atom is -0.494 e. The number of anilines is 1. The summed E-state index contributed by atoms with van der Waals surface area (Å²) in [5.41, 5.74) is 18.6. The van der Waals surface area contributed by atoms with Gasteiger partial charge in [0.25, 0.3) is 0 Å². The number of fused-ring (bicyclic) bond motifs is 1. The molecule has 36 heavy (non-hydrogen) atoms. The molecule has 0 saturated carbocycles. The van der Waals surface area contributed by atoms with E-state index < -0.39 is 42.4 Å². The number of aliphatic hydroxyl groups excluding tert-OH is 1. The highest BCUT2D eigenvalue weighted by Gasteiger charge is 2.49. The molecule has 0 radical (unpaired) electrons. The van der Waals surface area contributed by atoms with Gasteiger partial charge in [-0.25, -0.2) is 19.7 Å². The van der Waals surface area contributed by atoms with Gasteiger partial charge in [0, 0.05) is 0 Å². The van der Waals surface area contributed by atoms with E-state index in [0.717, 1.165) is 12.0 Å². The van der Waals surface area contributed by atoms with E-state index in [1.54, 1.807) is 24.3 Å². The average molecular weight is 501 g/mol. The minimum absolute atomic E-state index is 0.118. The first-order valence-corrected chi connectivity index (χ1v) is 11.3. The van der Waals surface area contributed by atoms with Crippen LogP contribution in [-0.2, 0) is 20.7 Å². The van der Waals surface area contributed by atoms with Gasteiger partial charge in [-0.05, 0) is 37.1 Å². The summed E-state index contributed by atoms with van der Waals surface area (Å²) >= 11 is 0. The molecule has 3 aromatic rings. The molecule has 1 aromatic carbocycles. The molecular weight excluding hydrogens is 472 g/mol. The van der Waals surface area contributed by atoms with Gasteiger partial charge >= 0.3 is 5.97 Å². The number of hydrogen-bond acceptors (Lipinski definition) is 11. The maximum Gasteiger partial charge on any atom is 0.335 e. The van der Waals surface area contributed by atoms with Crippen molar-refractivity contribution in [2.45, 2.75) is 43.4 Å². The summed E-state index contributed by atoms with van der Waals surface area (Å²) in [7, 11) is 0. The molecule has 0 aliphatic carbocycles. The van der Waals surface area contributed by atoms with E-state index >= 15 is 0 Å². The number of aliphatic carboxylic acids is 1. The third-order valence-electron chi connectivity index (χ3n) is 5.82. The fraction of sp³-hybridized carbons (Fsp3) is 0.409. The quantitative estimate of drug-likeness (QED) is 0.175. The number of aliphatic hydroxyl groups is 1. The van der Waals surface area contributed by atoms with Gasteiger partial charge in [0.1, 0.15) is 23.7 Å². The number of benzene rings is 1. The average Bonchev–Trinajstić information content (AvgIpc) is 3.42. The van der Waals surface area contributed by atoms with Crippen molar-refractivity contribution in [3.8, 4) is 5.75 Å². The van der Waals surface area contributed by atoms with Crippen LogP contribution in [0.25, 0.3) is 11.2 Å². The van der Waals surface area contributed by atoms with E-state index in [4.69, 9.17) is 26.7 Å². The number of rotatable bonds is 10. The van der Waals surface area contributed by atoms with Crippen molar-refractivity contribution >= 4 is 28.9 Å². The van der Waals surface area contributed by atoms with Crippen molar-refractivity contribution in [1.29, 1.82) is 0 Å². The van der Waals surface area contributed by atoms with Crippen LogP contribution in [0.1, 0.15) is 18.2 Å². The molecule has 1 saturated heterocycles. The van der Waals surface area contributed by atoms with E-state index in [-0.39, 0.29) is 23.4 Å². The van der Waals surface area contributed by atoms with Crippen LogP contribution >= 0.6 is 0 Å². The molecule has 1 amide bonds. The van der Waals surface area contributed by atoms with Gasteiger partial charge in [-0.2, -0.15) is 0 Å². The molecule has 1 fully saturated rings. The van der Waals surface area contributed by atoms with Crippen LogP contribution in [0.2, 0.25) is 0 Å². The molecule has 192 valence electrons. The van der Waals surface area contributed by atoms with Crippen molar-refractivity contribution in [2.24, 2.45) is 11.5 Å². The first kappa shape index (κ1) is 25.2. The van der Waals surface area contributed by atoms with E-state index in [1.165, 1.54) is 17.2 Å². The monoisotopic (exact) mass is 500 g/mol. The summed E-state index contributed by atoms with van der Waals surface area (Å²) < 4.78 is 12.5. The standard InChI is InChI=1S/C22H28N8O6/c23-6-1-7-35-12-4-2-11(3-5-12)8-13(24)20(32)29-14-16(31)21(36-17(14)22(33)34)30-10-28-15-18(25)26-9-27-19(15)30/h2-5,9-10,13-14,16-17,21,31H,1,6-8,23-24H2,(H,29,32)(H,33,34)(H2,25,26,27). The molecular formula is C22H28N8O6. The summed E-state index contributed by atoms with van der Waals surface area (Å²) in [6.45, 7) is 1.04. The lowest BCUT2D eigenvalue weighted by molar-refractivity contribution is -0.152. The molecule has 5 atom stereocenters. The van der Waals surface area contributed by atoms with Gasteiger partial charge in [-0.1, -0.05) is 12.1 Å². The lowest BCUT2D eigenvalue weighted by atomic mass is 10.0. The maximum absolute atomic E-state index is 12.8. The Morgan fingerprint density at radius 1 is 1.22 bits per heavy atom. The maximum atomic E-state index is 12.8. The van der Waals surface area contributed by atoms with Crippen molar-refractivity contribution in [3.05, 3.63) is 42.5 Å². The summed E-state index contributed by atoms with van der Waals surface area (Å²) in [6, 6.07) is 4.82. The summed E-state index contributed by atoms with van der Waals surface area (Å²) in [6.07, 6.45) is -0.740. The van der Waals surface area contributed by atoms with E-state index in [1.807, 2.05) is 0 Å². The number of amides is 1. The Labute approximate surface area is 205 Å². The zero-order valence-electron chi connectivity index (χ0n) is 19.2. The van der Waals surface area contributed by atoms with Crippen molar-refractivity contribution < 1.29 is 29.3 Å². The smallest absolute Gasteiger partial charge is 0.335 e. The summed E-state index contributed by atoms with van der Waals surface area (Å²) in [5.74, 6) is -1.21. The van der Waals surface area contributed by atoms with Crippen LogP contribution in [0.3, 0.4) is 0 Å². The molecule has 5 unspecified atom stereocenters. The molecule has 14 heteroatoms. The van der Waals surface area contributed by atoms with E-state index in [0.29, 0.717) is 18.9 Å². The zero-order valence-corrected chi connectivity index (χ0v) is 19.2. The molecule has 2 aromatic heterocycles. The highest BCUT2D eigenvalue weighted by Crippen LogP contribution is 2.32. The molecule has 4 rings (SSSR count). The fourth-order valence-electron chi connectivity index (χ4n) is 3.94. The van der Waals surface area contributed by atoms with Crippen LogP contribution < -0.4 is 27.3 Å². The van der Waals surface area contributed by atoms with Gasteiger partial charge in [0.15, 0.2) is 23.8 Å². The van der Waals surface area contributed by atoms with Gasteiger partial charge in [-0.3, -0.25) is 9.36 Å². The number of nitrogens with one attached hydrogen (secondary N) is 1. The van der Waals surface area contributed by atoms with E-state index in [2.05, 4.69) is 20.3 Å². The number of nitrogen functional groups attached to an aromatic ring is 1. The van der Waals surface area contributed by atoms with Gasteiger partial charge in [0.2, 0.25) is 5.91 Å². The van der Waals surface area contributed by atoms with Crippen LogP contribution in [0.4, 0.5) is 5.82 Å². The van der Waals surface area contributed by atoms with E-state index in [9.17, 15) is 19.8 Å². The van der Waals surface area contributed by atoms with Crippen LogP contribution in [-0.4, -0.2) is 79.1 Å². The van der Waals surface area contributed by atoms with Gasteiger partial charge in [-0.15, -0.1) is 0 Å². The molecule has 0 bridgehead atoms. The number of hydrogen-bond donors (Lipinski definition) is 6. The molecule has 3 heterocycles. The largest absolute Gasteiger partial charge is 0.494 e. The number of carboxylic acid groups (broad SMARTS) is 1. The second kappa shape index (κ2) is 10.8. The number of ether oxygens (including phenoxy) is 2. The Morgan fingerprint density at radius 2 is 1.97 bits per heavy atom. The summed E-state index contributed by atoms with van der Waals surface area (Å²) in [4.78, 5) is 36.7. The third-order valence-corrected chi connectivity index (χ3v) is 5.82.